The van der Waals surface area contributed by atoms with Gasteiger partial charge in [-0.15, -0.1) is 0 Å². The first-order valence-electron chi connectivity index (χ1n) is 9.15. The number of anilines is 2. The number of carbonyl (C=O) groups excluding carboxylic acids is 1. The van der Waals surface area contributed by atoms with Crippen LogP contribution in [0.2, 0.25) is 0 Å². The van der Waals surface area contributed by atoms with E-state index in [2.05, 4.69) is 5.32 Å². The van der Waals surface area contributed by atoms with Crippen molar-refractivity contribution >= 4 is 29.4 Å². The van der Waals surface area contributed by atoms with Gasteiger partial charge in [0.15, 0.2) is 0 Å². The summed E-state index contributed by atoms with van der Waals surface area (Å²) in [6.07, 6.45) is 5.03. The van der Waals surface area contributed by atoms with E-state index in [9.17, 15) is 18.7 Å². The molecule has 7 heteroatoms. The molecule has 3 rings (SSSR count). The Bertz CT molecular complexity index is 1120. The monoisotopic (exact) mass is 409 g/mol. The fraction of sp³-hybridized carbons (Fsp3) is 0.0870. The highest BCUT2D eigenvalue weighted by atomic mass is 19.1. The van der Waals surface area contributed by atoms with Gasteiger partial charge in [-0.1, -0.05) is 18.2 Å². The minimum absolute atomic E-state index is 0.136. The number of nitrogen functional groups attached to an aromatic ring is 1. The van der Waals surface area contributed by atoms with Gasteiger partial charge in [0.25, 0.3) is 0 Å². The summed E-state index contributed by atoms with van der Waals surface area (Å²) in [6, 6.07) is 13.4. The van der Waals surface area contributed by atoms with Crippen molar-refractivity contribution in [2.45, 2.75) is 6.10 Å². The highest BCUT2D eigenvalue weighted by Crippen LogP contribution is 2.21. The van der Waals surface area contributed by atoms with Crippen molar-refractivity contribution < 1.29 is 18.7 Å². The van der Waals surface area contributed by atoms with Gasteiger partial charge >= 0.3 is 0 Å². The van der Waals surface area contributed by atoms with Crippen LogP contribution in [-0.2, 0) is 11.8 Å². The number of halogens is 2. The normalized spacial score (nSPS) is 12.5. The Morgan fingerprint density at radius 3 is 2.50 bits per heavy atom. The third-order valence-corrected chi connectivity index (χ3v) is 4.55. The van der Waals surface area contributed by atoms with Gasteiger partial charge in [0.1, 0.15) is 17.7 Å². The quantitative estimate of drug-likeness (QED) is 0.420. The minimum atomic E-state index is -1.08. The van der Waals surface area contributed by atoms with Gasteiger partial charge in [0, 0.05) is 30.1 Å². The molecule has 3 aromatic rings. The Morgan fingerprint density at radius 1 is 1.10 bits per heavy atom. The van der Waals surface area contributed by atoms with E-state index in [0.29, 0.717) is 5.69 Å². The maximum atomic E-state index is 13.8. The lowest BCUT2D eigenvalue weighted by Crippen LogP contribution is -2.10. The maximum absolute atomic E-state index is 13.8. The first kappa shape index (κ1) is 21.0. The van der Waals surface area contributed by atoms with Crippen molar-refractivity contribution in [3.05, 3.63) is 95.3 Å². The molecule has 1 aromatic heterocycles. The van der Waals surface area contributed by atoms with E-state index in [4.69, 9.17) is 5.73 Å². The fourth-order valence-electron chi connectivity index (χ4n) is 2.87. The zero-order valence-corrected chi connectivity index (χ0v) is 16.2. The number of rotatable bonds is 6. The summed E-state index contributed by atoms with van der Waals surface area (Å²) in [5, 5.41) is 12.8. The molecule has 0 saturated carbocycles. The van der Waals surface area contributed by atoms with Crippen LogP contribution in [0.5, 0.6) is 0 Å². The number of nitrogens with zero attached hydrogens (tertiary/aromatic N) is 1. The van der Waals surface area contributed by atoms with Crippen molar-refractivity contribution in [2.24, 2.45) is 7.05 Å². The number of aliphatic hydroxyl groups is 1. The molecule has 0 aliphatic carbocycles. The van der Waals surface area contributed by atoms with Crippen molar-refractivity contribution in [3.63, 3.8) is 0 Å². The summed E-state index contributed by atoms with van der Waals surface area (Å²) in [4.78, 5) is 12.1. The summed E-state index contributed by atoms with van der Waals surface area (Å²) in [5.41, 5.74) is 7.82. The number of benzene rings is 2. The molecule has 0 aliphatic rings. The summed E-state index contributed by atoms with van der Waals surface area (Å²) >= 11 is 0. The van der Waals surface area contributed by atoms with E-state index in [1.54, 1.807) is 48.0 Å². The summed E-state index contributed by atoms with van der Waals surface area (Å²) in [5.74, 6) is -1.37. The zero-order valence-electron chi connectivity index (χ0n) is 16.2. The summed E-state index contributed by atoms with van der Waals surface area (Å²) < 4.78 is 28.6. The molecule has 1 atom stereocenters. The van der Waals surface area contributed by atoms with Gasteiger partial charge in [0.2, 0.25) is 5.91 Å². The van der Waals surface area contributed by atoms with Crippen molar-refractivity contribution in [1.82, 2.24) is 4.57 Å². The first-order valence-corrected chi connectivity index (χ1v) is 9.15. The Kier molecular flexibility index (Phi) is 6.44. The SMILES string of the molecule is Cn1c(/C=C/C(=O)Nc2ccc(F)cc2N)ccc1/C=C/C(O)c1ccccc1F. The molecule has 154 valence electrons. The largest absolute Gasteiger partial charge is 0.397 e. The standard InChI is InChI=1S/C23H21F2N3O2/c1-28-16(9-12-22(29)18-4-2-3-5-19(18)25)7-8-17(28)10-13-23(30)27-21-11-6-15(24)14-20(21)26/h2-14,22,29H,26H2,1H3,(H,27,30)/b12-9+,13-10+. The molecule has 0 aliphatic heterocycles. The maximum Gasteiger partial charge on any atom is 0.248 e. The van der Waals surface area contributed by atoms with Gasteiger partial charge in [0.05, 0.1) is 11.4 Å². The lowest BCUT2D eigenvalue weighted by Gasteiger charge is -2.07. The van der Waals surface area contributed by atoms with Crippen LogP contribution in [0.25, 0.3) is 12.2 Å². The number of aliphatic hydroxyl groups excluding tert-OH is 1. The predicted molar refractivity (Wildman–Crippen MR) is 114 cm³/mol. The third kappa shape index (κ3) is 5.01. The summed E-state index contributed by atoms with van der Waals surface area (Å²) in [6.45, 7) is 0. The Labute approximate surface area is 172 Å². The number of amides is 1. The molecule has 1 unspecified atom stereocenters. The average Bonchev–Trinajstić information content (AvgIpc) is 3.06. The smallest absolute Gasteiger partial charge is 0.248 e. The van der Waals surface area contributed by atoms with Gasteiger partial charge < -0.3 is 20.7 Å². The second-order valence-electron chi connectivity index (χ2n) is 6.62. The number of hydrogen-bond donors (Lipinski definition) is 3. The molecule has 5 nitrogen and oxygen atoms in total. The molecule has 0 saturated heterocycles. The average molecular weight is 409 g/mol. The Balaban J connectivity index is 1.67. The molecular weight excluding hydrogens is 388 g/mol. The molecule has 2 aromatic carbocycles. The lowest BCUT2D eigenvalue weighted by atomic mass is 10.1. The highest BCUT2D eigenvalue weighted by molar-refractivity contribution is 6.03. The Morgan fingerprint density at radius 2 is 1.80 bits per heavy atom. The molecule has 0 fully saturated rings. The molecular formula is C23H21F2N3O2. The van der Waals surface area contributed by atoms with Crippen LogP contribution in [0.1, 0.15) is 23.1 Å². The molecule has 4 N–H and O–H groups in total. The second-order valence-corrected chi connectivity index (χ2v) is 6.62. The van der Waals surface area contributed by atoms with Crippen molar-refractivity contribution in [3.8, 4) is 0 Å². The number of hydrogen-bond acceptors (Lipinski definition) is 3. The van der Waals surface area contributed by atoms with Gasteiger partial charge in [-0.3, -0.25) is 4.79 Å². The van der Waals surface area contributed by atoms with Crippen LogP contribution in [0.3, 0.4) is 0 Å². The van der Waals surface area contributed by atoms with Crippen LogP contribution in [0.15, 0.2) is 66.7 Å². The van der Waals surface area contributed by atoms with Crippen molar-refractivity contribution in [2.75, 3.05) is 11.1 Å². The minimum Gasteiger partial charge on any atom is -0.397 e. The summed E-state index contributed by atoms with van der Waals surface area (Å²) in [7, 11) is 1.80. The number of aromatic nitrogens is 1. The Hall–Kier alpha value is -3.71. The van der Waals surface area contributed by atoms with Gasteiger partial charge in [-0.2, -0.15) is 0 Å². The molecule has 0 radical (unpaired) electrons. The van der Waals surface area contributed by atoms with Crippen LogP contribution in [0, 0.1) is 11.6 Å². The van der Waals surface area contributed by atoms with Gasteiger partial charge in [-0.05, 0) is 54.6 Å². The lowest BCUT2D eigenvalue weighted by molar-refractivity contribution is -0.111. The third-order valence-electron chi connectivity index (χ3n) is 4.55. The molecule has 1 amide bonds. The fourth-order valence-corrected chi connectivity index (χ4v) is 2.87. The van der Waals surface area contributed by atoms with Crippen molar-refractivity contribution in [1.29, 1.82) is 0 Å². The number of nitrogens with two attached hydrogens (primary N) is 1. The molecule has 1 heterocycles. The van der Waals surface area contributed by atoms with E-state index < -0.39 is 23.6 Å². The molecule has 30 heavy (non-hydrogen) atoms. The van der Waals surface area contributed by atoms with Gasteiger partial charge in [-0.25, -0.2) is 8.78 Å². The van der Waals surface area contributed by atoms with E-state index in [1.165, 1.54) is 36.4 Å². The van der Waals surface area contributed by atoms with Crippen LogP contribution in [0.4, 0.5) is 20.2 Å². The second kappa shape index (κ2) is 9.19. The number of carbonyl (C=O) groups is 1. The topological polar surface area (TPSA) is 80.3 Å². The molecule has 0 spiro atoms. The zero-order chi connectivity index (χ0) is 21.7. The van der Waals surface area contributed by atoms with Crippen LogP contribution < -0.4 is 11.1 Å². The number of nitrogens with one attached hydrogen (secondary N) is 1. The van der Waals surface area contributed by atoms with Crippen LogP contribution >= 0.6 is 0 Å². The first-order chi connectivity index (χ1) is 14.3. The molecule has 0 bridgehead atoms. The predicted octanol–water partition coefficient (Wildman–Crippen LogP) is 4.28. The van der Waals surface area contributed by atoms with E-state index in [0.717, 1.165) is 17.5 Å². The highest BCUT2D eigenvalue weighted by Gasteiger charge is 2.09. The van der Waals surface area contributed by atoms with E-state index >= 15 is 0 Å². The van der Waals surface area contributed by atoms with Crippen LogP contribution in [-0.4, -0.2) is 15.6 Å². The van der Waals surface area contributed by atoms with E-state index in [1.807, 2.05) is 0 Å². The van der Waals surface area contributed by atoms with E-state index in [-0.39, 0.29) is 11.3 Å².